The molecule has 2 aliphatic rings. The van der Waals surface area contributed by atoms with E-state index in [9.17, 15) is 14.7 Å². The number of carbonyl (C=O) groups excluding carboxylic acids is 2. The van der Waals surface area contributed by atoms with E-state index >= 15 is 0 Å². The van der Waals surface area contributed by atoms with Gasteiger partial charge in [0.2, 0.25) is 0 Å². The maximum atomic E-state index is 11.8. The lowest BCUT2D eigenvalue weighted by Crippen LogP contribution is -2.57. The third kappa shape index (κ3) is 1.15. The largest absolute Gasteiger partial charge is 0.388 e. The predicted octanol–water partition coefficient (Wildman–Crippen LogP) is 1.23. The maximum absolute atomic E-state index is 11.8. The molecule has 2 unspecified atom stereocenters. The van der Waals surface area contributed by atoms with Gasteiger partial charge in [-0.05, 0) is 26.2 Å². The molecule has 0 saturated heterocycles. The summed E-state index contributed by atoms with van der Waals surface area (Å²) in [5.74, 6) is 0.235. The first-order valence-corrected chi connectivity index (χ1v) is 5.25. The fraction of sp³-hybridized carbons (Fsp3) is 0.818. The van der Waals surface area contributed by atoms with Crippen molar-refractivity contribution in [1.82, 2.24) is 0 Å². The van der Waals surface area contributed by atoms with E-state index in [1.165, 1.54) is 0 Å². The quantitative estimate of drug-likeness (QED) is 0.634. The molecule has 2 atom stereocenters. The van der Waals surface area contributed by atoms with Crippen LogP contribution >= 0.6 is 0 Å². The first kappa shape index (κ1) is 9.84. The lowest BCUT2D eigenvalue weighted by molar-refractivity contribution is -0.168. The standard InChI is InChI=1S/C11H16O3/c1-10-6-4-8(12)7-11(10,14)5-2-3-9(10)13/h14H,2-7H2,1H3. The zero-order valence-corrected chi connectivity index (χ0v) is 8.51. The van der Waals surface area contributed by atoms with Crippen LogP contribution in [0.25, 0.3) is 0 Å². The van der Waals surface area contributed by atoms with Gasteiger partial charge >= 0.3 is 0 Å². The molecule has 0 aromatic rings. The Hall–Kier alpha value is -0.700. The summed E-state index contributed by atoms with van der Waals surface area (Å²) in [7, 11) is 0. The molecular weight excluding hydrogens is 180 g/mol. The minimum atomic E-state index is -1.04. The van der Waals surface area contributed by atoms with E-state index in [0.29, 0.717) is 25.7 Å². The Morgan fingerprint density at radius 1 is 1.21 bits per heavy atom. The van der Waals surface area contributed by atoms with Crippen LogP contribution in [0.4, 0.5) is 0 Å². The Morgan fingerprint density at radius 2 is 1.93 bits per heavy atom. The number of ketones is 2. The van der Waals surface area contributed by atoms with E-state index in [0.717, 1.165) is 6.42 Å². The van der Waals surface area contributed by atoms with Crippen LogP contribution in [0, 0.1) is 5.41 Å². The van der Waals surface area contributed by atoms with Gasteiger partial charge in [-0.25, -0.2) is 0 Å². The van der Waals surface area contributed by atoms with Crippen LogP contribution in [-0.4, -0.2) is 22.3 Å². The Labute approximate surface area is 83.5 Å². The highest BCUT2D eigenvalue weighted by atomic mass is 16.3. The summed E-state index contributed by atoms with van der Waals surface area (Å²) in [6, 6.07) is 0. The molecule has 0 aromatic heterocycles. The van der Waals surface area contributed by atoms with Gasteiger partial charge in [-0.15, -0.1) is 0 Å². The molecule has 0 aliphatic heterocycles. The smallest absolute Gasteiger partial charge is 0.141 e. The summed E-state index contributed by atoms with van der Waals surface area (Å²) in [6.45, 7) is 1.82. The van der Waals surface area contributed by atoms with Gasteiger partial charge in [0.05, 0.1) is 11.0 Å². The fourth-order valence-electron chi connectivity index (χ4n) is 2.81. The van der Waals surface area contributed by atoms with E-state index in [-0.39, 0.29) is 18.0 Å². The second kappa shape index (κ2) is 2.89. The van der Waals surface area contributed by atoms with Crippen LogP contribution in [0.2, 0.25) is 0 Å². The molecule has 2 saturated carbocycles. The average Bonchev–Trinajstić information content (AvgIpc) is 2.10. The number of rotatable bonds is 0. The zero-order valence-electron chi connectivity index (χ0n) is 8.51. The molecule has 2 rings (SSSR count). The summed E-state index contributed by atoms with van der Waals surface area (Å²) in [5.41, 5.74) is -1.70. The molecule has 2 fully saturated rings. The van der Waals surface area contributed by atoms with Crippen molar-refractivity contribution in [3.63, 3.8) is 0 Å². The lowest BCUT2D eigenvalue weighted by atomic mass is 9.56. The van der Waals surface area contributed by atoms with Crippen molar-refractivity contribution >= 4 is 11.6 Å². The molecule has 0 amide bonds. The topological polar surface area (TPSA) is 54.4 Å². The van der Waals surface area contributed by atoms with E-state index in [4.69, 9.17) is 0 Å². The third-order valence-electron chi connectivity index (χ3n) is 4.03. The SMILES string of the molecule is CC12CCC(=O)CC1(O)CCCC2=O. The number of fused-ring (bicyclic) bond motifs is 1. The molecule has 0 radical (unpaired) electrons. The fourth-order valence-corrected chi connectivity index (χ4v) is 2.81. The molecule has 3 nitrogen and oxygen atoms in total. The van der Waals surface area contributed by atoms with E-state index < -0.39 is 11.0 Å². The minimum Gasteiger partial charge on any atom is -0.388 e. The normalized spacial score (nSPS) is 43.6. The molecule has 3 heteroatoms. The van der Waals surface area contributed by atoms with Gasteiger partial charge in [-0.1, -0.05) is 0 Å². The summed E-state index contributed by atoms with van der Waals surface area (Å²) >= 11 is 0. The first-order chi connectivity index (χ1) is 6.48. The zero-order chi connectivity index (χ0) is 10.4. The minimum absolute atomic E-state index is 0.0969. The van der Waals surface area contributed by atoms with Crippen LogP contribution in [0.1, 0.15) is 45.4 Å². The van der Waals surface area contributed by atoms with Gasteiger partial charge in [0, 0.05) is 19.3 Å². The maximum Gasteiger partial charge on any atom is 0.141 e. The highest BCUT2D eigenvalue weighted by Gasteiger charge is 2.56. The number of hydrogen-bond donors (Lipinski definition) is 1. The van der Waals surface area contributed by atoms with Gasteiger partial charge in [-0.3, -0.25) is 9.59 Å². The molecule has 2 aliphatic carbocycles. The van der Waals surface area contributed by atoms with Gasteiger partial charge < -0.3 is 5.11 Å². The Bertz CT molecular complexity index is 297. The summed E-state index contributed by atoms with van der Waals surface area (Å²) < 4.78 is 0. The Kier molecular flexibility index (Phi) is 2.03. The molecule has 14 heavy (non-hydrogen) atoms. The second-order valence-electron chi connectivity index (χ2n) is 4.86. The third-order valence-corrected chi connectivity index (χ3v) is 4.03. The Balaban J connectivity index is 2.36. The van der Waals surface area contributed by atoms with Crippen molar-refractivity contribution in [3.05, 3.63) is 0 Å². The highest BCUT2D eigenvalue weighted by Crippen LogP contribution is 2.49. The molecule has 0 heterocycles. The van der Waals surface area contributed by atoms with Crippen LogP contribution in [0.3, 0.4) is 0 Å². The second-order valence-corrected chi connectivity index (χ2v) is 4.86. The molecule has 0 spiro atoms. The van der Waals surface area contributed by atoms with Crippen molar-refractivity contribution in [3.8, 4) is 0 Å². The summed E-state index contributed by atoms with van der Waals surface area (Å²) in [6.07, 6.45) is 3.03. The predicted molar refractivity (Wildman–Crippen MR) is 50.8 cm³/mol. The molecule has 1 N–H and O–H groups in total. The van der Waals surface area contributed by atoms with Gasteiger partial charge in [-0.2, -0.15) is 0 Å². The number of hydrogen-bond acceptors (Lipinski definition) is 3. The van der Waals surface area contributed by atoms with Crippen LogP contribution in [0.5, 0.6) is 0 Å². The van der Waals surface area contributed by atoms with Crippen LogP contribution in [-0.2, 0) is 9.59 Å². The number of Topliss-reactive ketones (excluding diaryl/α,β-unsaturated/α-hetero) is 2. The van der Waals surface area contributed by atoms with Crippen molar-refractivity contribution in [2.45, 2.75) is 51.0 Å². The Morgan fingerprint density at radius 3 is 2.64 bits per heavy atom. The molecular formula is C11H16O3. The highest BCUT2D eigenvalue weighted by molar-refractivity contribution is 5.91. The van der Waals surface area contributed by atoms with E-state index in [2.05, 4.69) is 0 Å². The number of carbonyl (C=O) groups is 2. The van der Waals surface area contributed by atoms with Gasteiger partial charge in [0.25, 0.3) is 0 Å². The molecule has 78 valence electrons. The molecule has 0 bridgehead atoms. The van der Waals surface area contributed by atoms with Crippen molar-refractivity contribution in [2.24, 2.45) is 5.41 Å². The van der Waals surface area contributed by atoms with Crippen molar-refractivity contribution in [1.29, 1.82) is 0 Å². The summed E-state index contributed by atoms with van der Waals surface area (Å²) in [5, 5.41) is 10.3. The number of aliphatic hydroxyl groups is 1. The first-order valence-electron chi connectivity index (χ1n) is 5.25. The van der Waals surface area contributed by atoms with Crippen LogP contribution < -0.4 is 0 Å². The van der Waals surface area contributed by atoms with Gasteiger partial charge in [0.15, 0.2) is 0 Å². The van der Waals surface area contributed by atoms with Gasteiger partial charge in [0.1, 0.15) is 11.6 Å². The summed E-state index contributed by atoms with van der Waals surface area (Å²) in [4.78, 5) is 23.1. The monoisotopic (exact) mass is 196 g/mol. The van der Waals surface area contributed by atoms with Crippen molar-refractivity contribution < 1.29 is 14.7 Å². The van der Waals surface area contributed by atoms with Crippen molar-refractivity contribution in [2.75, 3.05) is 0 Å². The van der Waals surface area contributed by atoms with E-state index in [1.54, 1.807) is 0 Å². The van der Waals surface area contributed by atoms with Crippen LogP contribution in [0.15, 0.2) is 0 Å². The van der Waals surface area contributed by atoms with E-state index in [1.807, 2.05) is 6.92 Å². The average molecular weight is 196 g/mol. The molecule has 0 aromatic carbocycles. The lowest BCUT2D eigenvalue weighted by Gasteiger charge is -2.49.